The Labute approximate surface area is 122 Å². The van der Waals surface area contributed by atoms with Crippen molar-refractivity contribution in [1.29, 1.82) is 0 Å². The van der Waals surface area contributed by atoms with Crippen molar-refractivity contribution >= 4 is 5.69 Å². The second kappa shape index (κ2) is 6.63. The van der Waals surface area contributed by atoms with E-state index in [2.05, 4.69) is 0 Å². The number of nitrogens with two attached hydrogens (primary N) is 1. The first-order valence-corrected chi connectivity index (χ1v) is 6.73. The van der Waals surface area contributed by atoms with Crippen molar-refractivity contribution in [2.75, 3.05) is 18.0 Å². The minimum absolute atomic E-state index is 0.0878. The van der Waals surface area contributed by atoms with Crippen molar-refractivity contribution in [2.24, 2.45) is 5.73 Å². The zero-order chi connectivity index (χ0) is 15.4. The number of benzene rings is 2. The zero-order valence-electron chi connectivity index (χ0n) is 11.7. The molecule has 2 rings (SSSR count). The van der Waals surface area contributed by atoms with Crippen LogP contribution in [-0.2, 0) is 0 Å². The molecule has 0 radical (unpaired) electrons. The van der Waals surface area contributed by atoms with Crippen LogP contribution in [0.3, 0.4) is 0 Å². The van der Waals surface area contributed by atoms with Gasteiger partial charge in [0.05, 0.1) is 11.7 Å². The Morgan fingerprint density at radius 1 is 1.00 bits per heavy atom. The minimum Gasteiger partial charge on any atom is -0.368 e. The van der Waals surface area contributed by atoms with Crippen molar-refractivity contribution in [2.45, 2.75) is 13.0 Å². The fourth-order valence-electron chi connectivity index (χ4n) is 2.25. The highest BCUT2D eigenvalue weighted by Gasteiger charge is 2.18. The van der Waals surface area contributed by atoms with Gasteiger partial charge in [0.2, 0.25) is 0 Å². The maximum absolute atomic E-state index is 13.8. The topological polar surface area (TPSA) is 29.3 Å². The number of rotatable bonds is 5. The molecule has 112 valence electrons. The first kappa shape index (κ1) is 15.4. The molecule has 2 aromatic rings. The van der Waals surface area contributed by atoms with Crippen molar-refractivity contribution in [3.05, 3.63) is 65.5 Å². The Morgan fingerprint density at radius 3 is 2.33 bits per heavy atom. The number of likely N-dealkylation sites (N-methyl/N-ethyl adjacent to an activating group) is 1. The van der Waals surface area contributed by atoms with Gasteiger partial charge < -0.3 is 10.6 Å². The van der Waals surface area contributed by atoms with Crippen LogP contribution in [0.2, 0.25) is 0 Å². The smallest absolute Gasteiger partial charge is 0.163 e. The van der Waals surface area contributed by atoms with E-state index in [1.807, 2.05) is 6.92 Å². The van der Waals surface area contributed by atoms with Gasteiger partial charge in [-0.3, -0.25) is 0 Å². The summed E-state index contributed by atoms with van der Waals surface area (Å²) in [5.41, 5.74) is 6.44. The van der Waals surface area contributed by atoms with Gasteiger partial charge >= 0.3 is 0 Å². The standard InChI is InChI=1S/C16H17F3N2/c1-2-21(15-9-4-3-7-12(15)17)10-14(20)11-6-5-8-13(18)16(11)19/h3-9,14H,2,10,20H2,1H3. The Hall–Kier alpha value is -2.01. The number of hydrogen-bond acceptors (Lipinski definition) is 2. The summed E-state index contributed by atoms with van der Waals surface area (Å²) in [5, 5.41) is 0. The molecule has 5 heteroatoms. The molecule has 2 nitrogen and oxygen atoms in total. The summed E-state index contributed by atoms with van der Waals surface area (Å²) in [6, 6.07) is 9.44. The largest absolute Gasteiger partial charge is 0.368 e. The van der Waals surface area contributed by atoms with E-state index in [-0.39, 0.29) is 17.9 Å². The highest BCUT2D eigenvalue weighted by Crippen LogP contribution is 2.23. The highest BCUT2D eigenvalue weighted by molar-refractivity contribution is 5.48. The predicted molar refractivity (Wildman–Crippen MR) is 77.6 cm³/mol. The Balaban J connectivity index is 2.23. The first-order valence-electron chi connectivity index (χ1n) is 6.73. The van der Waals surface area contributed by atoms with E-state index in [9.17, 15) is 13.2 Å². The minimum atomic E-state index is -0.949. The molecule has 1 atom stereocenters. The second-order valence-corrected chi connectivity index (χ2v) is 4.74. The van der Waals surface area contributed by atoms with Crippen LogP contribution in [0.25, 0.3) is 0 Å². The molecular formula is C16H17F3N2. The fraction of sp³-hybridized carbons (Fsp3) is 0.250. The summed E-state index contributed by atoms with van der Waals surface area (Å²) >= 11 is 0. The van der Waals surface area contributed by atoms with Gasteiger partial charge in [0.15, 0.2) is 11.6 Å². The third-order valence-corrected chi connectivity index (χ3v) is 3.37. The summed E-state index contributed by atoms with van der Waals surface area (Å²) in [5.74, 6) is -2.25. The van der Waals surface area contributed by atoms with E-state index < -0.39 is 17.7 Å². The van der Waals surface area contributed by atoms with Gasteiger partial charge in [-0.1, -0.05) is 24.3 Å². The average molecular weight is 294 g/mol. The molecule has 0 saturated heterocycles. The predicted octanol–water partition coefficient (Wildman–Crippen LogP) is 3.63. The van der Waals surface area contributed by atoms with Crippen LogP contribution in [0.15, 0.2) is 42.5 Å². The van der Waals surface area contributed by atoms with Crippen LogP contribution in [0.4, 0.5) is 18.9 Å². The summed E-state index contributed by atoms with van der Waals surface area (Å²) < 4.78 is 40.8. The van der Waals surface area contributed by atoms with Crippen molar-refractivity contribution in [1.82, 2.24) is 0 Å². The SMILES string of the molecule is CCN(CC(N)c1cccc(F)c1F)c1ccccc1F. The molecule has 0 aliphatic carbocycles. The Bertz CT molecular complexity index is 616. The van der Waals surface area contributed by atoms with E-state index in [1.54, 1.807) is 23.1 Å². The van der Waals surface area contributed by atoms with Gasteiger partial charge in [0.25, 0.3) is 0 Å². The molecule has 1 unspecified atom stereocenters. The maximum atomic E-state index is 13.8. The summed E-state index contributed by atoms with van der Waals surface area (Å²) in [7, 11) is 0. The van der Waals surface area contributed by atoms with E-state index in [0.29, 0.717) is 12.2 Å². The van der Waals surface area contributed by atoms with Crippen LogP contribution in [0.1, 0.15) is 18.5 Å². The highest BCUT2D eigenvalue weighted by atomic mass is 19.2. The van der Waals surface area contributed by atoms with Crippen molar-refractivity contribution in [3.63, 3.8) is 0 Å². The van der Waals surface area contributed by atoms with Gasteiger partial charge in [-0.25, -0.2) is 13.2 Å². The third-order valence-electron chi connectivity index (χ3n) is 3.37. The van der Waals surface area contributed by atoms with Crippen LogP contribution >= 0.6 is 0 Å². The molecule has 21 heavy (non-hydrogen) atoms. The molecule has 0 saturated carbocycles. The lowest BCUT2D eigenvalue weighted by Crippen LogP contribution is -2.33. The molecule has 0 aromatic heterocycles. The van der Waals surface area contributed by atoms with Crippen molar-refractivity contribution < 1.29 is 13.2 Å². The lowest BCUT2D eigenvalue weighted by Gasteiger charge is -2.27. The lowest BCUT2D eigenvalue weighted by atomic mass is 10.1. The van der Waals surface area contributed by atoms with Crippen LogP contribution in [-0.4, -0.2) is 13.1 Å². The number of anilines is 1. The summed E-state index contributed by atoms with van der Waals surface area (Å²) in [6.45, 7) is 2.55. The normalized spacial score (nSPS) is 12.2. The molecule has 2 N–H and O–H groups in total. The number of halogens is 3. The Morgan fingerprint density at radius 2 is 1.67 bits per heavy atom. The van der Waals surface area contributed by atoms with Gasteiger partial charge in [-0.2, -0.15) is 0 Å². The van der Waals surface area contributed by atoms with Crippen molar-refractivity contribution in [3.8, 4) is 0 Å². The van der Waals surface area contributed by atoms with E-state index in [0.717, 1.165) is 6.07 Å². The van der Waals surface area contributed by atoms with Gasteiger partial charge in [0.1, 0.15) is 5.82 Å². The molecular weight excluding hydrogens is 277 g/mol. The fourth-order valence-corrected chi connectivity index (χ4v) is 2.25. The molecule has 0 spiro atoms. The first-order chi connectivity index (χ1) is 10.0. The van der Waals surface area contributed by atoms with Gasteiger partial charge in [-0.05, 0) is 25.1 Å². The van der Waals surface area contributed by atoms with Crippen LogP contribution in [0.5, 0.6) is 0 Å². The molecule has 0 heterocycles. The van der Waals surface area contributed by atoms with Gasteiger partial charge in [0, 0.05) is 18.7 Å². The number of hydrogen-bond donors (Lipinski definition) is 1. The number of nitrogens with zero attached hydrogens (tertiary/aromatic N) is 1. The molecule has 0 bridgehead atoms. The monoisotopic (exact) mass is 294 g/mol. The van der Waals surface area contributed by atoms with E-state index in [4.69, 9.17) is 5.73 Å². The maximum Gasteiger partial charge on any atom is 0.163 e. The van der Waals surface area contributed by atoms with E-state index in [1.165, 1.54) is 18.2 Å². The number of para-hydroxylation sites is 1. The molecule has 0 fully saturated rings. The quantitative estimate of drug-likeness (QED) is 0.912. The van der Waals surface area contributed by atoms with E-state index >= 15 is 0 Å². The molecule has 0 amide bonds. The molecule has 2 aromatic carbocycles. The average Bonchev–Trinajstić information content (AvgIpc) is 2.48. The molecule has 0 aliphatic heterocycles. The summed E-state index contributed by atoms with van der Waals surface area (Å²) in [4.78, 5) is 1.70. The Kier molecular flexibility index (Phi) is 4.85. The van der Waals surface area contributed by atoms with Crippen LogP contribution in [0, 0.1) is 17.5 Å². The zero-order valence-corrected chi connectivity index (χ0v) is 11.7. The lowest BCUT2D eigenvalue weighted by molar-refractivity contribution is 0.487. The third kappa shape index (κ3) is 3.36. The van der Waals surface area contributed by atoms with Gasteiger partial charge in [-0.15, -0.1) is 0 Å². The summed E-state index contributed by atoms with van der Waals surface area (Å²) in [6.07, 6.45) is 0. The molecule has 0 aliphatic rings. The second-order valence-electron chi connectivity index (χ2n) is 4.74. The van der Waals surface area contributed by atoms with Crippen LogP contribution < -0.4 is 10.6 Å².